The highest BCUT2D eigenvalue weighted by molar-refractivity contribution is 7.09. The van der Waals surface area contributed by atoms with Crippen LogP contribution in [-0.4, -0.2) is 39.1 Å². The summed E-state index contributed by atoms with van der Waals surface area (Å²) >= 11 is 1.38. The lowest BCUT2D eigenvalue weighted by molar-refractivity contribution is 0.0588. The molecule has 10 heteroatoms. The van der Waals surface area contributed by atoms with Crippen LogP contribution in [0, 0.1) is 6.92 Å². The van der Waals surface area contributed by atoms with Crippen LogP contribution >= 0.6 is 11.3 Å². The molecule has 9 nitrogen and oxygen atoms in total. The molecule has 0 aliphatic rings. The maximum Gasteiger partial charge on any atom is 0.360 e. The van der Waals surface area contributed by atoms with Crippen molar-refractivity contribution in [3.8, 4) is 5.75 Å². The Balaban J connectivity index is 1.73. The molecule has 3 heterocycles. The van der Waals surface area contributed by atoms with E-state index in [0.29, 0.717) is 11.4 Å². The number of thiazole rings is 1. The smallest absolute Gasteiger partial charge is 0.360 e. The van der Waals surface area contributed by atoms with Gasteiger partial charge in [0.25, 0.3) is 5.91 Å². The van der Waals surface area contributed by atoms with E-state index in [1.54, 1.807) is 25.7 Å². The first-order chi connectivity index (χ1) is 13.3. The maximum absolute atomic E-state index is 12.5. The van der Waals surface area contributed by atoms with Crippen molar-refractivity contribution in [2.24, 2.45) is 14.1 Å². The Labute approximate surface area is 164 Å². The average Bonchev–Trinajstić information content (AvgIpc) is 3.33. The van der Waals surface area contributed by atoms with Crippen LogP contribution in [-0.2, 0) is 18.8 Å². The summed E-state index contributed by atoms with van der Waals surface area (Å²) in [4.78, 5) is 40.5. The Hall–Kier alpha value is -3.40. The number of aromatic nitrogens is 3. The number of carbonyl (C=O) groups is 3. The molecule has 0 aromatic carbocycles. The number of methoxy groups -OCH3 is 1. The zero-order valence-electron chi connectivity index (χ0n) is 15.7. The molecular weight excluding hydrogens is 384 g/mol. The molecule has 3 rings (SSSR count). The summed E-state index contributed by atoms with van der Waals surface area (Å²) in [6.07, 6.45) is 3.10. The number of hydrogen-bond acceptors (Lipinski definition) is 7. The summed E-state index contributed by atoms with van der Waals surface area (Å²) in [5, 5.41) is 5.15. The van der Waals surface area contributed by atoms with Gasteiger partial charge < -0.3 is 23.9 Å². The van der Waals surface area contributed by atoms with Gasteiger partial charge in [-0.15, -0.1) is 11.3 Å². The number of nitrogens with zero attached hydrogens (tertiary/aromatic N) is 3. The summed E-state index contributed by atoms with van der Waals surface area (Å²) in [7, 11) is 4.57. The fourth-order valence-corrected chi connectivity index (χ4v) is 3.15. The number of hydrogen-bond donors (Lipinski definition) is 1. The monoisotopic (exact) mass is 402 g/mol. The minimum absolute atomic E-state index is 0.206. The standard InChI is InChI=1S/C18H18N4O5S/c1-10-19-13(9-28-10)16(23)20-11-5-14(21(2)7-11)18(25)27-12-6-15(17(24)26-4)22(3)8-12/h5-9H,1-4H3,(H,20,23). The lowest BCUT2D eigenvalue weighted by atomic mass is 10.3. The highest BCUT2D eigenvalue weighted by atomic mass is 32.1. The minimum Gasteiger partial charge on any atom is -0.464 e. The summed E-state index contributed by atoms with van der Waals surface area (Å²) in [5.74, 6) is -1.32. The number of aryl methyl sites for hydroxylation is 3. The first-order valence-electron chi connectivity index (χ1n) is 8.15. The summed E-state index contributed by atoms with van der Waals surface area (Å²) < 4.78 is 13.0. The van der Waals surface area contributed by atoms with Crippen molar-refractivity contribution in [3.63, 3.8) is 0 Å². The van der Waals surface area contributed by atoms with Crippen molar-refractivity contribution in [3.05, 3.63) is 52.0 Å². The van der Waals surface area contributed by atoms with Crippen LogP contribution in [0.25, 0.3) is 0 Å². The van der Waals surface area contributed by atoms with Crippen LogP contribution in [0.5, 0.6) is 5.75 Å². The third kappa shape index (κ3) is 3.96. The second kappa shape index (κ2) is 7.69. The zero-order chi connectivity index (χ0) is 20.4. The molecule has 3 aromatic heterocycles. The van der Waals surface area contributed by atoms with Gasteiger partial charge in [0.1, 0.15) is 22.8 Å². The molecule has 0 unspecified atom stereocenters. The Morgan fingerprint density at radius 3 is 2.39 bits per heavy atom. The van der Waals surface area contributed by atoms with E-state index >= 15 is 0 Å². The number of amides is 1. The van der Waals surface area contributed by atoms with Crippen LogP contribution in [0.4, 0.5) is 5.69 Å². The molecule has 0 aliphatic carbocycles. The van der Waals surface area contributed by atoms with Gasteiger partial charge in [0, 0.05) is 37.9 Å². The molecule has 0 aliphatic heterocycles. The van der Waals surface area contributed by atoms with E-state index in [2.05, 4.69) is 15.0 Å². The minimum atomic E-state index is -0.630. The van der Waals surface area contributed by atoms with Crippen LogP contribution in [0.2, 0.25) is 0 Å². The normalized spacial score (nSPS) is 10.6. The quantitative estimate of drug-likeness (QED) is 0.657. The van der Waals surface area contributed by atoms with Gasteiger partial charge in [-0.3, -0.25) is 4.79 Å². The second-order valence-corrected chi connectivity index (χ2v) is 7.05. The fraction of sp³-hybridized carbons (Fsp3) is 0.222. The Bertz CT molecular complexity index is 1060. The van der Waals surface area contributed by atoms with E-state index in [1.165, 1.54) is 45.9 Å². The number of anilines is 1. The van der Waals surface area contributed by atoms with Gasteiger partial charge in [0.2, 0.25) is 0 Å². The molecule has 0 bridgehead atoms. The topological polar surface area (TPSA) is 104 Å². The number of esters is 2. The van der Waals surface area contributed by atoms with E-state index in [1.807, 2.05) is 6.92 Å². The fourth-order valence-electron chi connectivity index (χ4n) is 2.56. The van der Waals surface area contributed by atoms with E-state index in [9.17, 15) is 14.4 Å². The highest BCUT2D eigenvalue weighted by Crippen LogP contribution is 2.20. The first-order valence-corrected chi connectivity index (χ1v) is 9.03. The van der Waals surface area contributed by atoms with Crippen molar-refractivity contribution < 1.29 is 23.9 Å². The van der Waals surface area contributed by atoms with Crippen molar-refractivity contribution in [2.45, 2.75) is 6.92 Å². The zero-order valence-corrected chi connectivity index (χ0v) is 16.5. The predicted molar refractivity (Wildman–Crippen MR) is 102 cm³/mol. The predicted octanol–water partition coefficient (Wildman–Crippen LogP) is 2.39. The third-order valence-electron chi connectivity index (χ3n) is 3.91. The van der Waals surface area contributed by atoms with Gasteiger partial charge in [-0.05, 0) is 13.0 Å². The van der Waals surface area contributed by atoms with Gasteiger partial charge in [-0.2, -0.15) is 0 Å². The van der Waals surface area contributed by atoms with Crippen LogP contribution < -0.4 is 10.1 Å². The van der Waals surface area contributed by atoms with Crippen molar-refractivity contribution in [2.75, 3.05) is 12.4 Å². The molecule has 146 valence electrons. The SMILES string of the molecule is COC(=O)c1cc(OC(=O)c2cc(NC(=O)c3csc(C)n3)cn2C)cn1C. The molecule has 0 saturated carbocycles. The summed E-state index contributed by atoms with van der Waals surface area (Å²) in [6.45, 7) is 1.81. The molecule has 0 saturated heterocycles. The van der Waals surface area contributed by atoms with Crippen molar-refractivity contribution in [1.29, 1.82) is 0 Å². The van der Waals surface area contributed by atoms with Crippen LogP contribution in [0.3, 0.4) is 0 Å². The van der Waals surface area contributed by atoms with Gasteiger partial charge in [0.05, 0.1) is 17.8 Å². The van der Waals surface area contributed by atoms with Gasteiger partial charge in [-0.1, -0.05) is 0 Å². The summed E-state index contributed by atoms with van der Waals surface area (Å²) in [6, 6.07) is 2.92. The Morgan fingerprint density at radius 1 is 1.07 bits per heavy atom. The van der Waals surface area contributed by atoms with Crippen molar-refractivity contribution in [1.82, 2.24) is 14.1 Å². The summed E-state index contributed by atoms with van der Waals surface area (Å²) in [5.41, 5.74) is 1.24. The highest BCUT2D eigenvalue weighted by Gasteiger charge is 2.19. The molecule has 0 spiro atoms. The Morgan fingerprint density at radius 2 is 1.75 bits per heavy atom. The van der Waals surface area contributed by atoms with E-state index in [0.717, 1.165) is 5.01 Å². The number of nitrogens with one attached hydrogen (secondary N) is 1. The molecule has 1 amide bonds. The largest absolute Gasteiger partial charge is 0.464 e. The molecule has 0 fully saturated rings. The van der Waals surface area contributed by atoms with Crippen LogP contribution in [0.1, 0.15) is 36.5 Å². The molecule has 1 N–H and O–H groups in total. The molecule has 3 aromatic rings. The molecule has 0 atom stereocenters. The van der Waals surface area contributed by atoms with Crippen molar-refractivity contribution >= 4 is 34.9 Å². The van der Waals surface area contributed by atoms with Gasteiger partial charge in [0.15, 0.2) is 0 Å². The first kappa shape index (κ1) is 19.4. The van der Waals surface area contributed by atoms with Gasteiger partial charge >= 0.3 is 11.9 Å². The average molecular weight is 402 g/mol. The van der Waals surface area contributed by atoms with E-state index < -0.39 is 11.9 Å². The Kier molecular flexibility index (Phi) is 5.32. The van der Waals surface area contributed by atoms with E-state index in [4.69, 9.17) is 4.74 Å². The number of rotatable bonds is 5. The molecule has 0 radical (unpaired) electrons. The lowest BCUT2D eigenvalue weighted by Gasteiger charge is -2.02. The van der Waals surface area contributed by atoms with Gasteiger partial charge in [-0.25, -0.2) is 14.6 Å². The molecular formula is C18H18N4O5S. The lowest BCUT2D eigenvalue weighted by Crippen LogP contribution is -2.12. The van der Waals surface area contributed by atoms with Crippen LogP contribution in [0.15, 0.2) is 29.9 Å². The number of ether oxygens (including phenoxy) is 2. The third-order valence-corrected chi connectivity index (χ3v) is 4.68. The number of carbonyl (C=O) groups excluding carboxylic acids is 3. The van der Waals surface area contributed by atoms with E-state index in [-0.39, 0.29) is 23.0 Å². The second-order valence-electron chi connectivity index (χ2n) is 5.98. The molecule has 28 heavy (non-hydrogen) atoms. The maximum atomic E-state index is 12.5.